The highest BCUT2D eigenvalue weighted by Crippen LogP contribution is 2.35. The Morgan fingerprint density at radius 3 is 1.21 bits per heavy atom. The van der Waals surface area contributed by atoms with E-state index >= 15 is 0 Å². The van der Waals surface area contributed by atoms with Gasteiger partial charge in [0.1, 0.15) is 74.4 Å². The minimum Gasteiger partial charge on any atom is -0.497 e. The second-order valence-corrected chi connectivity index (χ2v) is 33.7. The number of aromatic nitrogens is 21. The number of benzene rings is 10. The molecule has 0 saturated carbocycles. The van der Waals surface area contributed by atoms with E-state index in [1.54, 1.807) is 75.1 Å². The van der Waals surface area contributed by atoms with Gasteiger partial charge in [-0.15, -0.1) is 0 Å². The van der Waals surface area contributed by atoms with Crippen molar-refractivity contribution in [1.82, 2.24) is 121 Å². The van der Waals surface area contributed by atoms with Crippen LogP contribution in [0.25, 0.3) is 124 Å². The molecule has 12 heterocycles. The van der Waals surface area contributed by atoms with Crippen LogP contribution in [0.15, 0.2) is 256 Å². The maximum atomic E-state index is 14.1. The fraction of sp³-hybridized carbons (Fsp3) is 0.129. The molecule has 1 aliphatic heterocycles. The lowest BCUT2D eigenvalue weighted by molar-refractivity contribution is 0.101. The Hall–Kier alpha value is -18.3. The molecule has 22 rings (SSSR count). The summed E-state index contributed by atoms with van der Waals surface area (Å²) in [4.78, 5) is 111. The van der Waals surface area contributed by atoms with Gasteiger partial charge in [0.15, 0.2) is 29.1 Å². The number of likely N-dealkylation sites (N-methyl/N-ethyl adjacent to an activating group) is 1. The molecule has 16 N–H and O–H groups in total. The number of para-hydroxylation sites is 7. The molecule has 0 spiro atoms. The summed E-state index contributed by atoms with van der Waals surface area (Å²) in [5.74, 6) is -3.86. The largest absolute Gasteiger partial charge is 0.497 e. The molecule has 1 saturated heterocycles. The van der Waals surface area contributed by atoms with E-state index in [0.717, 1.165) is 123 Å². The van der Waals surface area contributed by atoms with Gasteiger partial charge in [-0.05, 0) is 173 Å². The Morgan fingerprint density at radius 1 is 0.390 bits per heavy atom. The molecule has 0 bridgehead atoms. The van der Waals surface area contributed by atoms with E-state index in [0.29, 0.717) is 109 Å². The highest BCUT2D eigenvalue weighted by molar-refractivity contribution is 6.13. The summed E-state index contributed by atoms with van der Waals surface area (Å²) in [5.41, 5.74) is 16.0. The van der Waals surface area contributed by atoms with Crippen molar-refractivity contribution in [3.05, 3.63) is 329 Å². The van der Waals surface area contributed by atoms with E-state index in [1.165, 1.54) is 42.4 Å². The Morgan fingerprint density at radius 2 is 0.766 bits per heavy atom. The number of rotatable bonds is 20. The molecule has 1 aliphatic rings. The van der Waals surface area contributed by atoms with Crippen LogP contribution in [0.2, 0.25) is 0 Å². The molecule has 35 nitrogen and oxygen atoms in total. The monoisotopic (exact) mass is 1900 g/mol. The Labute approximate surface area is 797 Å². The van der Waals surface area contributed by atoms with Gasteiger partial charge in [-0.3, -0.25) is 59.3 Å². The number of nitrogens with zero attached hydrogens (tertiary/aromatic N) is 13. The third kappa shape index (κ3) is 21.4. The molecule has 1 fully saturated rings. The van der Waals surface area contributed by atoms with E-state index in [4.69, 9.17) is 4.74 Å². The summed E-state index contributed by atoms with van der Waals surface area (Å²) in [5, 5.41) is 51.9. The van der Waals surface area contributed by atoms with Crippen molar-refractivity contribution in [3.63, 3.8) is 0 Å². The quantitative estimate of drug-likeness (QED) is 0.0315. The number of H-pyrrole nitrogens is 10. The Bertz CT molecular complexity index is 8020. The van der Waals surface area contributed by atoms with Crippen LogP contribution in [0.1, 0.15) is 89.3 Å². The number of nitrogens with one attached hydrogen (secondary N) is 16. The molecule has 0 aliphatic carbocycles. The standard InChI is InChI=1S/C23H23F2N7O.C22H22F2N6O.C20H14N6O.C18H14FN5O.C18H15N5O2/c1-31-7-9-32(10-8-31)13-14-5-6-17-18(11-14)28-22(27-17)21-19(12-26-30-21)29-23(33)20-15(24)3-2-4-16(20)25;1-22(2,3)25-10-12-7-8-15-16(9-12)28-20(27-15)19-17(11-26-30-19)29-21(31)18-13(23)5-4-6-14(18)24;27-20(13-7-3-5-12-6-4-10-21-17(12)13)25-16-11-22-26-18(16)19-23-14-8-1-2-9-15(14)24-19;1-10-5-4-6-11(15(10)19)18(25)23-14-9-20-24-16(14)17-21-12-7-2-3-8-13(12)22-17;1-25-12-6-4-5-11(9-12)18(24)22-15-10-19-23-16(15)17-20-13-7-2-3-8-14(13)21-17/h2-6,11-12H,7-10,13H2,1H3,(H,26,30)(H,27,28)(H,29,33);4-9,11,25H,10H2,1-3H3,(H,26,30)(H,27,28)(H,29,31);1-11H,(H,22,26)(H,23,24)(H,25,27);2-9H,1H3,(H,20,24)(H,21,22)(H,23,25);2-10H,1H3,(H,19,23)(H,20,21)(H,22,24). The number of amides is 5. The first kappa shape index (κ1) is 93.1. The maximum absolute atomic E-state index is 14.1. The van der Waals surface area contributed by atoms with Crippen molar-refractivity contribution in [2.45, 2.75) is 46.3 Å². The topological polar surface area (TPSA) is 473 Å². The highest BCUT2D eigenvalue weighted by Gasteiger charge is 2.27. The normalized spacial score (nSPS) is 12.1. The fourth-order valence-electron chi connectivity index (χ4n) is 15.5. The van der Waals surface area contributed by atoms with Crippen LogP contribution in [-0.4, -0.2) is 191 Å². The van der Waals surface area contributed by atoms with Gasteiger partial charge < -0.3 is 66.5 Å². The number of carbonyl (C=O) groups excluding carboxylic acids is 5. The minimum atomic E-state index is -0.942. The van der Waals surface area contributed by atoms with Gasteiger partial charge in [-0.1, -0.05) is 97.1 Å². The zero-order valence-corrected chi connectivity index (χ0v) is 76.1. The van der Waals surface area contributed by atoms with E-state index < -0.39 is 57.9 Å². The van der Waals surface area contributed by atoms with Crippen LogP contribution in [0.4, 0.5) is 50.4 Å². The van der Waals surface area contributed by atoms with Gasteiger partial charge in [0.2, 0.25) is 0 Å². The number of halogens is 5. The minimum absolute atomic E-state index is 0.00513. The zero-order chi connectivity index (χ0) is 98.0. The number of aryl methyl sites for hydroxylation is 1. The number of aromatic amines is 10. The molecule has 21 aromatic rings. The molecule has 10 aromatic carbocycles. The van der Waals surface area contributed by atoms with Gasteiger partial charge in [-0.2, -0.15) is 25.5 Å². The first-order chi connectivity index (χ1) is 68.3. The van der Waals surface area contributed by atoms with Crippen molar-refractivity contribution in [3.8, 4) is 63.3 Å². The molecule has 0 atom stereocenters. The maximum Gasteiger partial charge on any atom is 0.261 e. The molecular formula is C101H88F5N29O6. The molecule has 40 heteroatoms. The average Bonchev–Trinajstić information content (AvgIpc) is 1.66. The number of ether oxygens (including phenoxy) is 1. The number of fused-ring (bicyclic) bond motifs is 6. The average molecular weight is 1900 g/mol. The second kappa shape index (κ2) is 41.1. The van der Waals surface area contributed by atoms with Crippen LogP contribution in [0.3, 0.4) is 0 Å². The Balaban J connectivity index is 0.000000117. The molecule has 708 valence electrons. The van der Waals surface area contributed by atoms with Gasteiger partial charge in [-0.25, -0.2) is 46.9 Å². The fourth-order valence-corrected chi connectivity index (χ4v) is 15.5. The summed E-state index contributed by atoms with van der Waals surface area (Å²) in [6.45, 7) is 13.6. The van der Waals surface area contributed by atoms with Crippen LogP contribution in [0, 0.1) is 36.0 Å². The summed E-state index contributed by atoms with van der Waals surface area (Å²) in [7, 11) is 3.70. The van der Waals surface area contributed by atoms with E-state index in [2.05, 4.69) is 187 Å². The molecule has 11 aromatic heterocycles. The number of hydrogen-bond acceptors (Lipinski definition) is 20. The summed E-state index contributed by atoms with van der Waals surface area (Å²) < 4.78 is 75.1. The predicted octanol–water partition coefficient (Wildman–Crippen LogP) is 18.2. The smallest absolute Gasteiger partial charge is 0.261 e. The number of hydrogen-bond donors (Lipinski definition) is 16. The first-order valence-electron chi connectivity index (χ1n) is 44.2. The zero-order valence-electron chi connectivity index (χ0n) is 76.1. The van der Waals surface area contributed by atoms with Gasteiger partial charge in [0.25, 0.3) is 29.5 Å². The van der Waals surface area contributed by atoms with Crippen LogP contribution in [-0.2, 0) is 13.1 Å². The molecule has 0 unspecified atom stereocenters. The third-order valence-electron chi connectivity index (χ3n) is 22.7. The van der Waals surface area contributed by atoms with Crippen LogP contribution < -0.4 is 36.6 Å². The van der Waals surface area contributed by atoms with Crippen molar-refractivity contribution >= 4 is 124 Å². The van der Waals surface area contributed by atoms with Gasteiger partial charge >= 0.3 is 0 Å². The van der Waals surface area contributed by atoms with Crippen molar-refractivity contribution in [1.29, 1.82) is 0 Å². The first-order valence-corrected chi connectivity index (χ1v) is 44.2. The lowest BCUT2D eigenvalue weighted by Crippen LogP contribution is -2.43. The van der Waals surface area contributed by atoms with E-state index in [9.17, 15) is 45.9 Å². The number of anilines is 5. The number of piperazine rings is 1. The predicted molar refractivity (Wildman–Crippen MR) is 526 cm³/mol. The van der Waals surface area contributed by atoms with Crippen molar-refractivity contribution in [2.75, 3.05) is 66.9 Å². The lowest BCUT2D eigenvalue weighted by Gasteiger charge is -2.32. The van der Waals surface area contributed by atoms with Crippen molar-refractivity contribution < 1.29 is 50.7 Å². The van der Waals surface area contributed by atoms with E-state index in [1.807, 2.05) is 121 Å². The number of carbonyl (C=O) groups is 5. The summed E-state index contributed by atoms with van der Waals surface area (Å²) in [6, 6.07) is 62.5. The van der Waals surface area contributed by atoms with Gasteiger partial charge in [0.05, 0.1) is 138 Å². The summed E-state index contributed by atoms with van der Waals surface area (Å²) >= 11 is 0. The number of pyridine rings is 1. The van der Waals surface area contributed by atoms with E-state index in [-0.39, 0.29) is 34.3 Å². The van der Waals surface area contributed by atoms with Gasteiger partial charge in [0, 0.05) is 62.0 Å². The highest BCUT2D eigenvalue weighted by atomic mass is 19.1. The molecule has 0 radical (unpaired) electrons. The number of methoxy groups -OCH3 is 1. The summed E-state index contributed by atoms with van der Waals surface area (Å²) in [6.07, 6.45) is 9.00. The van der Waals surface area contributed by atoms with Crippen LogP contribution in [0.5, 0.6) is 5.75 Å². The SMILES string of the molecule is CC(C)(C)NCc1ccc2nc(-c3[nH]ncc3NC(=O)c3c(F)cccc3F)[nH]c2c1.CN1CCN(Cc2ccc3nc(-c4[nH]ncc4NC(=O)c4c(F)cccc4F)[nH]c3c2)CC1.COc1cccc(C(=O)Nc2cn[nH]c2-c2nc3ccccc3[nH]2)c1.Cc1cccc(C(=O)Nc2cn[nH]c2-c2nc3ccccc3[nH]2)c1F.O=C(Nc1cn[nH]c1-c1nc2ccccc2[nH]1)c1cccc2cccnc12. The lowest BCUT2D eigenvalue weighted by atomic mass is 10.1. The Kier molecular flexibility index (Phi) is 27.1. The third-order valence-corrected chi connectivity index (χ3v) is 22.7. The number of imidazole rings is 5. The van der Waals surface area contributed by atoms with Crippen molar-refractivity contribution in [2.24, 2.45) is 0 Å². The van der Waals surface area contributed by atoms with Crippen LogP contribution >= 0.6 is 0 Å². The second-order valence-electron chi connectivity index (χ2n) is 33.7. The molecule has 141 heavy (non-hydrogen) atoms. The molecular weight excluding hydrogens is 1810 g/mol. The molecule has 5 amide bonds.